The standard InChI is InChI=1S/C16H19NOS/c1-18-15-9-5-3-7-12(15)11-14(17)13-8-4-6-10-16(13)19-2/h3-10,14H,11,17H2,1-2H3. The number of hydrogen-bond acceptors (Lipinski definition) is 3. The summed E-state index contributed by atoms with van der Waals surface area (Å²) < 4.78 is 5.38. The summed E-state index contributed by atoms with van der Waals surface area (Å²) in [6.07, 6.45) is 2.86. The quantitative estimate of drug-likeness (QED) is 0.844. The molecule has 2 nitrogen and oxygen atoms in total. The van der Waals surface area contributed by atoms with Gasteiger partial charge in [0.2, 0.25) is 0 Å². The van der Waals surface area contributed by atoms with Crippen LogP contribution >= 0.6 is 11.8 Å². The van der Waals surface area contributed by atoms with E-state index < -0.39 is 0 Å². The first-order valence-corrected chi connectivity index (χ1v) is 7.49. The van der Waals surface area contributed by atoms with Crippen molar-refractivity contribution < 1.29 is 4.74 Å². The van der Waals surface area contributed by atoms with Gasteiger partial charge in [-0.3, -0.25) is 0 Å². The molecule has 0 amide bonds. The molecule has 100 valence electrons. The highest BCUT2D eigenvalue weighted by Gasteiger charge is 2.13. The van der Waals surface area contributed by atoms with Gasteiger partial charge in [-0.05, 0) is 35.9 Å². The highest BCUT2D eigenvalue weighted by molar-refractivity contribution is 7.98. The van der Waals surface area contributed by atoms with Crippen LogP contribution in [0, 0.1) is 0 Å². The van der Waals surface area contributed by atoms with Crippen molar-refractivity contribution in [2.45, 2.75) is 17.4 Å². The molecule has 0 saturated heterocycles. The summed E-state index contributed by atoms with van der Waals surface area (Å²) in [6.45, 7) is 0. The zero-order chi connectivity index (χ0) is 13.7. The molecule has 0 radical (unpaired) electrons. The van der Waals surface area contributed by atoms with Gasteiger partial charge in [0.05, 0.1) is 7.11 Å². The van der Waals surface area contributed by atoms with Gasteiger partial charge in [-0.25, -0.2) is 0 Å². The Morgan fingerprint density at radius 2 is 1.79 bits per heavy atom. The zero-order valence-corrected chi connectivity index (χ0v) is 12.1. The Bertz CT molecular complexity index is 542. The van der Waals surface area contributed by atoms with Crippen molar-refractivity contribution in [2.24, 2.45) is 5.73 Å². The smallest absolute Gasteiger partial charge is 0.122 e. The van der Waals surface area contributed by atoms with Crippen LogP contribution in [0.2, 0.25) is 0 Å². The fourth-order valence-corrected chi connectivity index (χ4v) is 2.86. The van der Waals surface area contributed by atoms with Crippen LogP contribution in [0.1, 0.15) is 17.2 Å². The lowest BCUT2D eigenvalue weighted by Crippen LogP contribution is -2.14. The monoisotopic (exact) mass is 273 g/mol. The Labute approximate surface area is 119 Å². The molecule has 0 aliphatic rings. The summed E-state index contributed by atoms with van der Waals surface area (Å²) in [5.74, 6) is 0.902. The van der Waals surface area contributed by atoms with Crippen LogP contribution in [0.3, 0.4) is 0 Å². The molecule has 0 aliphatic heterocycles. The van der Waals surface area contributed by atoms with Crippen LogP contribution in [0.15, 0.2) is 53.4 Å². The first-order valence-electron chi connectivity index (χ1n) is 6.26. The molecule has 1 atom stereocenters. The highest BCUT2D eigenvalue weighted by Crippen LogP contribution is 2.28. The first-order chi connectivity index (χ1) is 9.26. The van der Waals surface area contributed by atoms with Crippen molar-refractivity contribution in [1.29, 1.82) is 0 Å². The third-order valence-electron chi connectivity index (χ3n) is 3.17. The van der Waals surface area contributed by atoms with Crippen molar-refractivity contribution in [1.82, 2.24) is 0 Å². The van der Waals surface area contributed by atoms with E-state index in [2.05, 4.69) is 24.5 Å². The van der Waals surface area contributed by atoms with Crippen molar-refractivity contribution in [2.75, 3.05) is 13.4 Å². The predicted molar refractivity (Wildman–Crippen MR) is 81.8 cm³/mol. The lowest BCUT2D eigenvalue weighted by molar-refractivity contribution is 0.408. The van der Waals surface area contributed by atoms with E-state index in [1.807, 2.05) is 30.3 Å². The second kappa shape index (κ2) is 6.64. The van der Waals surface area contributed by atoms with Gasteiger partial charge < -0.3 is 10.5 Å². The molecule has 2 N–H and O–H groups in total. The minimum absolute atomic E-state index is 0.0139. The number of methoxy groups -OCH3 is 1. The molecule has 0 aromatic heterocycles. The number of rotatable bonds is 5. The predicted octanol–water partition coefficient (Wildman–Crippen LogP) is 3.66. The minimum atomic E-state index is -0.0139. The van der Waals surface area contributed by atoms with Gasteiger partial charge in [-0.1, -0.05) is 36.4 Å². The molecule has 0 spiro atoms. The molecule has 1 unspecified atom stereocenters. The SMILES string of the molecule is COc1ccccc1CC(N)c1ccccc1SC. The van der Waals surface area contributed by atoms with Gasteiger partial charge >= 0.3 is 0 Å². The number of thioether (sulfide) groups is 1. The summed E-state index contributed by atoms with van der Waals surface area (Å²) in [6, 6.07) is 16.3. The zero-order valence-electron chi connectivity index (χ0n) is 11.3. The Kier molecular flexibility index (Phi) is 4.88. The van der Waals surface area contributed by atoms with Crippen molar-refractivity contribution in [3.63, 3.8) is 0 Å². The third-order valence-corrected chi connectivity index (χ3v) is 3.98. The maximum absolute atomic E-state index is 6.36. The normalized spacial score (nSPS) is 12.2. The molecule has 3 heteroatoms. The van der Waals surface area contributed by atoms with E-state index in [1.54, 1.807) is 18.9 Å². The van der Waals surface area contributed by atoms with Crippen molar-refractivity contribution >= 4 is 11.8 Å². The van der Waals surface area contributed by atoms with E-state index >= 15 is 0 Å². The Balaban J connectivity index is 2.23. The summed E-state index contributed by atoms with van der Waals surface area (Å²) in [7, 11) is 1.69. The second-order valence-electron chi connectivity index (χ2n) is 4.36. The van der Waals surface area contributed by atoms with Crippen molar-refractivity contribution in [3.05, 3.63) is 59.7 Å². The Hall–Kier alpha value is -1.45. The fraction of sp³-hybridized carbons (Fsp3) is 0.250. The molecule has 0 aliphatic carbocycles. The molecule has 19 heavy (non-hydrogen) atoms. The average Bonchev–Trinajstić information content (AvgIpc) is 2.47. The van der Waals surface area contributed by atoms with E-state index in [9.17, 15) is 0 Å². The molecule has 2 aromatic carbocycles. The lowest BCUT2D eigenvalue weighted by atomic mass is 9.99. The van der Waals surface area contributed by atoms with Gasteiger partial charge in [0.25, 0.3) is 0 Å². The Morgan fingerprint density at radius 3 is 2.53 bits per heavy atom. The van der Waals surface area contributed by atoms with Crippen LogP contribution in [-0.2, 0) is 6.42 Å². The van der Waals surface area contributed by atoms with E-state index in [-0.39, 0.29) is 6.04 Å². The van der Waals surface area contributed by atoms with Crippen LogP contribution in [0.5, 0.6) is 5.75 Å². The summed E-state index contributed by atoms with van der Waals surface area (Å²) in [4.78, 5) is 1.24. The van der Waals surface area contributed by atoms with Gasteiger partial charge in [-0.15, -0.1) is 11.8 Å². The van der Waals surface area contributed by atoms with Gasteiger partial charge in [0.15, 0.2) is 0 Å². The molecule has 0 heterocycles. The molecule has 0 fully saturated rings. The molecule has 2 rings (SSSR count). The molecular weight excluding hydrogens is 254 g/mol. The number of benzene rings is 2. The third kappa shape index (κ3) is 3.31. The van der Waals surface area contributed by atoms with Gasteiger partial charge in [-0.2, -0.15) is 0 Å². The summed E-state index contributed by atoms with van der Waals surface area (Å²) in [5.41, 5.74) is 8.70. The minimum Gasteiger partial charge on any atom is -0.496 e. The number of ether oxygens (including phenoxy) is 1. The number of hydrogen-bond donors (Lipinski definition) is 1. The van der Waals surface area contributed by atoms with Gasteiger partial charge in [0, 0.05) is 10.9 Å². The van der Waals surface area contributed by atoms with E-state index in [4.69, 9.17) is 10.5 Å². The maximum atomic E-state index is 6.36. The molecule has 0 bridgehead atoms. The molecular formula is C16H19NOS. The van der Waals surface area contributed by atoms with Crippen molar-refractivity contribution in [3.8, 4) is 5.75 Å². The largest absolute Gasteiger partial charge is 0.496 e. The second-order valence-corrected chi connectivity index (χ2v) is 5.21. The van der Waals surface area contributed by atoms with E-state index in [1.165, 1.54) is 10.5 Å². The van der Waals surface area contributed by atoms with E-state index in [0.29, 0.717) is 0 Å². The first kappa shape index (κ1) is 14.0. The van der Waals surface area contributed by atoms with Crippen LogP contribution < -0.4 is 10.5 Å². The maximum Gasteiger partial charge on any atom is 0.122 e. The number of para-hydroxylation sites is 1. The lowest BCUT2D eigenvalue weighted by Gasteiger charge is -2.17. The van der Waals surface area contributed by atoms with Crippen LogP contribution in [-0.4, -0.2) is 13.4 Å². The summed E-state index contributed by atoms with van der Waals surface area (Å²) in [5, 5.41) is 0. The fourth-order valence-electron chi connectivity index (χ4n) is 2.19. The average molecular weight is 273 g/mol. The van der Waals surface area contributed by atoms with E-state index in [0.717, 1.165) is 17.7 Å². The molecule has 2 aromatic rings. The van der Waals surface area contributed by atoms with Crippen LogP contribution in [0.4, 0.5) is 0 Å². The topological polar surface area (TPSA) is 35.2 Å². The molecule has 0 saturated carbocycles. The highest BCUT2D eigenvalue weighted by atomic mass is 32.2. The summed E-state index contributed by atoms with van der Waals surface area (Å²) >= 11 is 1.73. The van der Waals surface area contributed by atoms with Gasteiger partial charge in [0.1, 0.15) is 5.75 Å². The number of nitrogens with two attached hydrogens (primary N) is 1. The van der Waals surface area contributed by atoms with Crippen LogP contribution in [0.25, 0.3) is 0 Å². The Morgan fingerprint density at radius 1 is 1.11 bits per heavy atom.